The predicted molar refractivity (Wildman–Crippen MR) is 71.0 cm³/mol. The lowest BCUT2D eigenvalue weighted by molar-refractivity contribution is 0.626. The van der Waals surface area contributed by atoms with Crippen LogP contribution in [0.25, 0.3) is 0 Å². The molecule has 0 aliphatic heterocycles. The Morgan fingerprint density at radius 3 is 2.83 bits per heavy atom. The van der Waals surface area contributed by atoms with Gasteiger partial charge in [-0.1, -0.05) is 17.7 Å². The van der Waals surface area contributed by atoms with Crippen LogP contribution in [0.2, 0.25) is 5.02 Å². The van der Waals surface area contributed by atoms with Crippen LogP contribution in [0.15, 0.2) is 30.5 Å². The molecule has 18 heavy (non-hydrogen) atoms. The molecule has 0 fully saturated rings. The smallest absolute Gasteiger partial charge is 0.167 e. The minimum absolute atomic E-state index is 0.206. The van der Waals surface area contributed by atoms with Gasteiger partial charge in [-0.05, 0) is 48.6 Å². The van der Waals surface area contributed by atoms with Crippen LogP contribution in [0.3, 0.4) is 0 Å². The number of pyridine rings is 1. The second-order valence-corrected chi connectivity index (χ2v) is 4.88. The van der Waals surface area contributed by atoms with Gasteiger partial charge in [-0.25, -0.2) is 9.37 Å². The second-order valence-electron chi connectivity index (χ2n) is 4.45. The number of hydrogen-bond acceptors (Lipinski definition) is 2. The summed E-state index contributed by atoms with van der Waals surface area (Å²) in [6.07, 6.45) is 4.87. The molecule has 0 amide bonds. The molecular weight excluding hydrogens is 251 g/mol. The van der Waals surface area contributed by atoms with E-state index in [9.17, 15) is 4.39 Å². The van der Waals surface area contributed by atoms with E-state index < -0.39 is 5.82 Å². The van der Waals surface area contributed by atoms with Crippen molar-refractivity contribution in [3.63, 3.8) is 0 Å². The maximum Gasteiger partial charge on any atom is 0.167 e. The quantitative estimate of drug-likeness (QED) is 0.881. The van der Waals surface area contributed by atoms with Crippen LogP contribution < -0.4 is 5.32 Å². The van der Waals surface area contributed by atoms with Gasteiger partial charge in [0.25, 0.3) is 0 Å². The zero-order valence-electron chi connectivity index (χ0n) is 9.71. The summed E-state index contributed by atoms with van der Waals surface area (Å²) in [4.78, 5) is 3.95. The Morgan fingerprint density at radius 2 is 2.00 bits per heavy atom. The summed E-state index contributed by atoms with van der Waals surface area (Å²) in [5, 5.41) is 3.28. The molecule has 1 aliphatic carbocycles. The average molecular weight is 263 g/mol. The minimum atomic E-state index is -0.442. The first-order valence-corrected chi connectivity index (χ1v) is 6.30. The first kappa shape index (κ1) is 11.5. The molecule has 0 saturated heterocycles. The predicted octanol–water partition coefficient (Wildman–Crippen LogP) is 4.11. The third-order valence-corrected chi connectivity index (χ3v) is 3.38. The van der Waals surface area contributed by atoms with E-state index >= 15 is 0 Å². The number of nitrogens with zero attached hydrogens (tertiary/aromatic N) is 1. The third kappa shape index (κ3) is 2.18. The molecular formula is C14H12ClFN2. The Bertz CT molecular complexity index is 598. The Labute approximate surface area is 110 Å². The Morgan fingerprint density at radius 1 is 1.17 bits per heavy atom. The molecule has 0 spiro atoms. The lowest BCUT2D eigenvalue weighted by Gasteiger charge is -2.08. The average Bonchev–Trinajstić information content (AvgIpc) is 2.80. The number of aromatic nitrogens is 1. The van der Waals surface area contributed by atoms with E-state index in [1.165, 1.54) is 29.8 Å². The maximum atomic E-state index is 13.6. The van der Waals surface area contributed by atoms with Crippen molar-refractivity contribution in [2.45, 2.75) is 19.3 Å². The highest BCUT2D eigenvalue weighted by molar-refractivity contribution is 6.30. The summed E-state index contributed by atoms with van der Waals surface area (Å²) < 4.78 is 13.6. The monoisotopic (exact) mass is 262 g/mol. The molecule has 1 N–H and O–H groups in total. The molecule has 1 heterocycles. The summed E-state index contributed by atoms with van der Waals surface area (Å²) in [7, 11) is 0. The van der Waals surface area contributed by atoms with E-state index in [0.717, 1.165) is 18.5 Å². The molecule has 4 heteroatoms. The van der Waals surface area contributed by atoms with Crippen molar-refractivity contribution in [2.24, 2.45) is 0 Å². The van der Waals surface area contributed by atoms with E-state index in [-0.39, 0.29) is 5.82 Å². The topological polar surface area (TPSA) is 24.9 Å². The maximum absolute atomic E-state index is 13.6. The zero-order valence-corrected chi connectivity index (χ0v) is 10.5. The van der Waals surface area contributed by atoms with E-state index in [1.807, 2.05) is 6.07 Å². The lowest BCUT2D eigenvalue weighted by atomic mass is 10.1. The van der Waals surface area contributed by atoms with Crippen LogP contribution in [-0.4, -0.2) is 4.98 Å². The highest BCUT2D eigenvalue weighted by Crippen LogP contribution is 2.27. The fourth-order valence-electron chi connectivity index (χ4n) is 2.29. The third-order valence-electron chi connectivity index (χ3n) is 3.17. The normalized spacial score (nSPS) is 13.4. The minimum Gasteiger partial charge on any atom is -0.338 e. The molecule has 0 atom stereocenters. The van der Waals surface area contributed by atoms with E-state index in [2.05, 4.69) is 22.4 Å². The number of benzene rings is 1. The van der Waals surface area contributed by atoms with Gasteiger partial charge in [0.1, 0.15) is 0 Å². The largest absolute Gasteiger partial charge is 0.338 e. The molecule has 3 rings (SSSR count). The number of fused-ring (bicyclic) bond motifs is 1. The van der Waals surface area contributed by atoms with Crippen molar-refractivity contribution in [1.82, 2.24) is 4.98 Å². The summed E-state index contributed by atoms with van der Waals surface area (Å²) in [6, 6.07) is 7.38. The van der Waals surface area contributed by atoms with Gasteiger partial charge in [0.05, 0.1) is 5.02 Å². The molecule has 0 unspecified atom stereocenters. The molecule has 0 bridgehead atoms. The van der Waals surface area contributed by atoms with Gasteiger partial charge in [0.15, 0.2) is 11.6 Å². The molecule has 1 aromatic heterocycles. The van der Waals surface area contributed by atoms with Crippen molar-refractivity contribution in [2.75, 3.05) is 5.32 Å². The Hall–Kier alpha value is -1.61. The molecule has 92 valence electrons. The molecule has 1 aromatic carbocycles. The van der Waals surface area contributed by atoms with Crippen LogP contribution in [0.5, 0.6) is 0 Å². The van der Waals surface area contributed by atoms with E-state index in [1.54, 1.807) is 0 Å². The van der Waals surface area contributed by atoms with E-state index in [0.29, 0.717) is 5.02 Å². The van der Waals surface area contributed by atoms with Gasteiger partial charge in [-0.2, -0.15) is 0 Å². The fourth-order valence-corrected chi connectivity index (χ4v) is 2.44. The number of aryl methyl sites for hydroxylation is 2. The fraction of sp³-hybridized carbons (Fsp3) is 0.214. The van der Waals surface area contributed by atoms with Crippen LogP contribution >= 0.6 is 11.6 Å². The van der Waals surface area contributed by atoms with Crippen LogP contribution in [-0.2, 0) is 12.8 Å². The highest BCUT2D eigenvalue weighted by atomic mass is 35.5. The number of rotatable bonds is 2. The first-order chi connectivity index (χ1) is 8.72. The molecule has 2 nitrogen and oxygen atoms in total. The summed E-state index contributed by atoms with van der Waals surface area (Å²) >= 11 is 5.67. The number of halogens is 2. The molecule has 2 aromatic rings. The highest BCUT2D eigenvalue weighted by Gasteiger charge is 2.11. The standard InChI is InChI=1S/C14H12ClFN2/c15-11-7-13(16)14(17-8-11)18-12-5-4-9-2-1-3-10(9)6-12/h4-8H,1-3H2,(H,17,18). The molecule has 0 radical (unpaired) electrons. The van der Waals surface area contributed by atoms with Gasteiger partial charge in [-0.3, -0.25) is 0 Å². The Balaban J connectivity index is 1.88. The zero-order chi connectivity index (χ0) is 12.5. The second kappa shape index (κ2) is 4.58. The van der Waals surface area contributed by atoms with Crippen LogP contribution in [0.1, 0.15) is 17.5 Å². The summed E-state index contributed by atoms with van der Waals surface area (Å²) in [6.45, 7) is 0. The molecule has 1 aliphatic rings. The van der Waals surface area contributed by atoms with E-state index in [4.69, 9.17) is 11.6 Å². The van der Waals surface area contributed by atoms with Crippen molar-refractivity contribution in [3.05, 3.63) is 52.4 Å². The van der Waals surface area contributed by atoms with Crippen molar-refractivity contribution in [3.8, 4) is 0 Å². The van der Waals surface area contributed by atoms with Gasteiger partial charge >= 0.3 is 0 Å². The first-order valence-electron chi connectivity index (χ1n) is 5.92. The van der Waals surface area contributed by atoms with Gasteiger partial charge in [0.2, 0.25) is 0 Å². The van der Waals surface area contributed by atoms with Crippen LogP contribution in [0.4, 0.5) is 15.9 Å². The summed E-state index contributed by atoms with van der Waals surface area (Å²) in [5.41, 5.74) is 3.60. The summed E-state index contributed by atoms with van der Waals surface area (Å²) in [5.74, 6) is -0.236. The molecule has 0 saturated carbocycles. The van der Waals surface area contributed by atoms with Crippen LogP contribution in [0, 0.1) is 5.82 Å². The van der Waals surface area contributed by atoms with Gasteiger partial charge in [-0.15, -0.1) is 0 Å². The van der Waals surface area contributed by atoms with Gasteiger partial charge in [0, 0.05) is 11.9 Å². The Kier molecular flexibility index (Phi) is 2.92. The number of nitrogens with one attached hydrogen (secondary N) is 1. The number of hydrogen-bond donors (Lipinski definition) is 1. The van der Waals surface area contributed by atoms with Crippen molar-refractivity contribution >= 4 is 23.1 Å². The van der Waals surface area contributed by atoms with Crippen molar-refractivity contribution < 1.29 is 4.39 Å². The van der Waals surface area contributed by atoms with Crippen molar-refractivity contribution in [1.29, 1.82) is 0 Å². The van der Waals surface area contributed by atoms with Gasteiger partial charge < -0.3 is 5.32 Å². The SMILES string of the molecule is Fc1cc(Cl)cnc1Nc1ccc2c(c1)CCC2. The number of anilines is 2. The lowest BCUT2D eigenvalue weighted by Crippen LogP contribution is -1.97.